The minimum atomic E-state index is -0.563. The predicted octanol–water partition coefficient (Wildman–Crippen LogP) is 1.69. The number of nitrogens with two attached hydrogens (primary N) is 1. The van der Waals surface area contributed by atoms with Crippen LogP contribution in [0.25, 0.3) is 0 Å². The highest BCUT2D eigenvalue weighted by Gasteiger charge is 2.15. The molecule has 0 saturated carbocycles. The zero-order chi connectivity index (χ0) is 15.1. The number of rotatable bonds is 7. The van der Waals surface area contributed by atoms with E-state index in [0.29, 0.717) is 30.5 Å². The summed E-state index contributed by atoms with van der Waals surface area (Å²) >= 11 is 0. The quantitative estimate of drug-likeness (QED) is 0.797. The summed E-state index contributed by atoms with van der Waals surface area (Å²) in [5, 5.41) is 2.84. The van der Waals surface area contributed by atoms with Gasteiger partial charge in [-0.05, 0) is 30.5 Å². The zero-order valence-electron chi connectivity index (χ0n) is 12.6. The van der Waals surface area contributed by atoms with E-state index in [1.165, 1.54) is 0 Å². The first kappa shape index (κ1) is 16.3. The van der Waals surface area contributed by atoms with Gasteiger partial charge < -0.3 is 20.5 Å². The Bertz CT molecular complexity index is 424. The summed E-state index contributed by atoms with van der Waals surface area (Å²) in [4.78, 5) is 11.9. The van der Waals surface area contributed by atoms with Crippen molar-refractivity contribution >= 4 is 5.91 Å². The average Bonchev–Trinajstić information content (AvgIpc) is 2.43. The van der Waals surface area contributed by atoms with Crippen LogP contribution in [0.15, 0.2) is 18.2 Å². The highest BCUT2D eigenvalue weighted by atomic mass is 16.5. The Labute approximate surface area is 120 Å². The summed E-state index contributed by atoms with van der Waals surface area (Å²) in [6.07, 6.45) is -0.563. The SMILES string of the molecule is COc1cc(CN)cc(OC(C)C(=O)NCC(C)C)c1. The Morgan fingerprint density at radius 3 is 2.45 bits per heavy atom. The first-order valence-corrected chi connectivity index (χ1v) is 6.78. The zero-order valence-corrected chi connectivity index (χ0v) is 12.6. The van der Waals surface area contributed by atoms with E-state index in [2.05, 4.69) is 5.32 Å². The molecule has 1 rings (SSSR count). The molecule has 20 heavy (non-hydrogen) atoms. The molecule has 3 N–H and O–H groups in total. The van der Waals surface area contributed by atoms with Gasteiger partial charge in [0.05, 0.1) is 7.11 Å². The summed E-state index contributed by atoms with van der Waals surface area (Å²) in [7, 11) is 1.58. The second-order valence-electron chi connectivity index (χ2n) is 5.12. The van der Waals surface area contributed by atoms with Crippen molar-refractivity contribution in [2.75, 3.05) is 13.7 Å². The van der Waals surface area contributed by atoms with Crippen molar-refractivity contribution in [3.05, 3.63) is 23.8 Å². The van der Waals surface area contributed by atoms with E-state index >= 15 is 0 Å². The lowest BCUT2D eigenvalue weighted by Gasteiger charge is -2.17. The lowest BCUT2D eigenvalue weighted by molar-refractivity contribution is -0.127. The third-order valence-electron chi connectivity index (χ3n) is 2.78. The highest BCUT2D eigenvalue weighted by Crippen LogP contribution is 2.23. The van der Waals surface area contributed by atoms with Crippen LogP contribution in [0.1, 0.15) is 26.3 Å². The first-order chi connectivity index (χ1) is 9.46. The molecule has 112 valence electrons. The third-order valence-corrected chi connectivity index (χ3v) is 2.78. The number of methoxy groups -OCH3 is 1. The average molecular weight is 280 g/mol. The maximum Gasteiger partial charge on any atom is 0.260 e. The van der Waals surface area contributed by atoms with Crippen LogP contribution in [0, 0.1) is 5.92 Å². The van der Waals surface area contributed by atoms with Crippen LogP contribution in [-0.4, -0.2) is 25.7 Å². The van der Waals surface area contributed by atoms with Gasteiger partial charge in [0.15, 0.2) is 6.10 Å². The molecule has 1 unspecified atom stereocenters. The van der Waals surface area contributed by atoms with Crippen LogP contribution in [0.2, 0.25) is 0 Å². The van der Waals surface area contributed by atoms with Crippen LogP contribution >= 0.6 is 0 Å². The maximum atomic E-state index is 11.9. The number of hydrogen-bond acceptors (Lipinski definition) is 4. The number of ether oxygens (including phenoxy) is 2. The molecule has 1 aromatic carbocycles. The molecule has 0 heterocycles. The van der Waals surface area contributed by atoms with Gasteiger partial charge in [0.25, 0.3) is 5.91 Å². The molecule has 0 radical (unpaired) electrons. The molecule has 0 spiro atoms. The molecule has 5 nitrogen and oxygen atoms in total. The topological polar surface area (TPSA) is 73.6 Å². The van der Waals surface area contributed by atoms with Crippen molar-refractivity contribution in [3.63, 3.8) is 0 Å². The lowest BCUT2D eigenvalue weighted by Crippen LogP contribution is -2.38. The molecule has 1 aromatic rings. The van der Waals surface area contributed by atoms with E-state index in [1.807, 2.05) is 26.0 Å². The van der Waals surface area contributed by atoms with Crippen molar-refractivity contribution in [1.29, 1.82) is 0 Å². The van der Waals surface area contributed by atoms with Crippen LogP contribution in [-0.2, 0) is 11.3 Å². The molecule has 0 aliphatic rings. The number of nitrogens with one attached hydrogen (secondary N) is 1. The molecule has 1 amide bonds. The molecule has 5 heteroatoms. The third kappa shape index (κ3) is 5.09. The summed E-state index contributed by atoms with van der Waals surface area (Å²) in [5.41, 5.74) is 6.52. The van der Waals surface area contributed by atoms with E-state index in [0.717, 1.165) is 5.56 Å². The molecule has 0 bridgehead atoms. The van der Waals surface area contributed by atoms with Crippen molar-refractivity contribution in [2.24, 2.45) is 11.7 Å². The standard InChI is InChI=1S/C15H24N2O3/c1-10(2)9-17-15(18)11(3)20-14-6-12(8-16)5-13(7-14)19-4/h5-7,10-11H,8-9,16H2,1-4H3,(H,17,18). The Hall–Kier alpha value is -1.75. The fraction of sp³-hybridized carbons (Fsp3) is 0.533. The van der Waals surface area contributed by atoms with Crippen molar-refractivity contribution in [3.8, 4) is 11.5 Å². The molecule has 0 saturated heterocycles. The second-order valence-corrected chi connectivity index (χ2v) is 5.12. The van der Waals surface area contributed by atoms with Crippen LogP contribution in [0.4, 0.5) is 0 Å². The summed E-state index contributed by atoms with van der Waals surface area (Å²) in [6.45, 7) is 6.83. The van der Waals surface area contributed by atoms with Gasteiger partial charge in [0.1, 0.15) is 11.5 Å². The fourth-order valence-corrected chi connectivity index (χ4v) is 1.64. The lowest BCUT2D eigenvalue weighted by atomic mass is 10.2. The number of carbonyl (C=O) groups excluding carboxylic acids is 1. The second kappa shape index (κ2) is 7.75. The Balaban J connectivity index is 2.69. The molecular weight excluding hydrogens is 256 g/mol. The Morgan fingerprint density at radius 2 is 1.90 bits per heavy atom. The van der Waals surface area contributed by atoms with Crippen molar-refractivity contribution < 1.29 is 14.3 Å². The monoisotopic (exact) mass is 280 g/mol. The molecule has 0 aliphatic heterocycles. The predicted molar refractivity (Wildman–Crippen MR) is 78.8 cm³/mol. The van der Waals surface area contributed by atoms with Crippen molar-refractivity contribution in [2.45, 2.75) is 33.4 Å². The number of hydrogen-bond donors (Lipinski definition) is 2. The number of amides is 1. The Morgan fingerprint density at radius 1 is 1.25 bits per heavy atom. The number of benzene rings is 1. The molecule has 0 aromatic heterocycles. The molecule has 1 atom stereocenters. The molecular formula is C15H24N2O3. The largest absolute Gasteiger partial charge is 0.497 e. The minimum absolute atomic E-state index is 0.129. The smallest absolute Gasteiger partial charge is 0.260 e. The Kier molecular flexibility index (Phi) is 6.31. The van der Waals surface area contributed by atoms with Gasteiger partial charge in [-0.3, -0.25) is 4.79 Å². The van der Waals surface area contributed by atoms with Gasteiger partial charge in [-0.2, -0.15) is 0 Å². The number of carbonyl (C=O) groups is 1. The normalized spacial score (nSPS) is 12.1. The van der Waals surface area contributed by atoms with Gasteiger partial charge in [0.2, 0.25) is 0 Å². The maximum absolute atomic E-state index is 11.9. The van der Waals surface area contributed by atoms with Crippen molar-refractivity contribution in [1.82, 2.24) is 5.32 Å². The minimum Gasteiger partial charge on any atom is -0.497 e. The molecule has 0 aliphatic carbocycles. The van der Waals surface area contributed by atoms with Crippen LogP contribution in [0.5, 0.6) is 11.5 Å². The van der Waals surface area contributed by atoms with Crippen LogP contribution in [0.3, 0.4) is 0 Å². The van der Waals surface area contributed by atoms with Gasteiger partial charge in [-0.1, -0.05) is 13.8 Å². The first-order valence-electron chi connectivity index (χ1n) is 6.78. The van der Waals surface area contributed by atoms with Gasteiger partial charge in [-0.25, -0.2) is 0 Å². The van der Waals surface area contributed by atoms with E-state index in [1.54, 1.807) is 20.1 Å². The van der Waals surface area contributed by atoms with Gasteiger partial charge >= 0.3 is 0 Å². The van der Waals surface area contributed by atoms with Gasteiger partial charge in [0, 0.05) is 19.2 Å². The van der Waals surface area contributed by atoms with Gasteiger partial charge in [-0.15, -0.1) is 0 Å². The van der Waals surface area contributed by atoms with E-state index in [9.17, 15) is 4.79 Å². The van der Waals surface area contributed by atoms with E-state index in [-0.39, 0.29) is 5.91 Å². The van der Waals surface area contributed by atoms with Crippen LogP contribution < -0.4 is 20.5 Å². The van der Waals surface area contributed by atoms with E-state index < -0.39 is 6.10 Å². The fourth-order valence-electron chi connectivity index (χ4n) is 1.64. The summed E-state index contributed by atoms with van der Waals surface area (Å²) < 4.78 is 10.8. The van der Waals surface area contributed by atoms with E-state index in [4.69, 9.17) is 15.2 Å². The summed E-state index contributed by atoms with van der Waals surface area (Å²) in [6, 6.07) is 5.40. The molecule has 0 fully saturated rings. The highest BCUT2D eigenvalue weighted by molar-refractivity contribution is 5.80. The summed E-state index contributed by atoms with van der Waals surface area (Å²) in [5.74, 6) is 1.53.